The molecule has 0 radical (unpaired) electrons. The molecule has 0 atom stereocenters. The zero-order valence-corrected chi connectivity index (χ0v) is 11.8. The molecule has 0 bridgehead atoms. The fraction of sp³-hybridized carbons (Fsp3) is 0.0714. The van der Waals surface area contributed by atoms with Crippen molar-refractivity contribution in [2.24, 2.45) is 0 Å². The molecule has 2 aromatic heterocycles. The lowest BCUT2D eigenvalue weighted by Gasteiger charge is -2.04. The molecule has 0 unspecified atom stereocenters. The molecule has 3 rings (SSSR count). The van der Waals surface area contributed by atoms with Crippen LogP contribution in [0.4, 0.5) is 14.6 Å². The zero-order valence-electron chi connectivity index (χ0n) is 11.0. The van der Waals surface area contributed by atoms with E-state index in [0.717, 1.165) is 10.9 Å². The Morgan fingerprint density at radius 1 is 1.29 bits per heavy atom. The number of aromatic nitrogens is 2. The third-order valence-electron chi connectivity index (χ3n) is 3.05. The van der Waals surface area contributed by atoms with Crippen LogP contribution in [0.15, 0.2) is 29.6 Å². The second-order valence-corrected chi connectivity index (χ2v) is 5.25. The Bertz CT molecular complexity index is 797. The van der Waals surface area contributed by atoms with Crippen molar-refractivity contribution in [3.63, 3.8) is 0 Å². The average Bonchev–Trinajstić information content (AvgIpc) is 3.06. The number of nitrogens with two attached hydrogens (primary N) is 1. The number of methoxy groups -OCH3 is 1. The number of anilines is 1. The minimum atomic E-state index is -0.687. The molecular formula is C14H11F2N3OS. The van der Waals surface area contributed by atoms with Gasteiger partial charge < -0.3 is 10.5 Å². The number of nitrogens with zero attached hydrogens (tertiary/aromatic N) is 1. The smallest absolute Gasteiger partial charge is 0.153 e. The number of hydrogen-bond acceptors (Lipinski definition) is 4. The van der Waals surface area contributed by atoms with Crippen LogP contribution in [0.25, 0.3) is 21.7 Å². The molecule has 0 saturated carbocycles. The molecule has 1 aromatic carbocycles. The molecule has 2 heterocycles. The molecule has 108 valence electrons. The summed E-state index contributed by atoms with van der Waals surface area (Å²) in [6.07, 6.45) is 0. The highest BCUT2D eigenvalue weighted by molar-refractivity contribution is 7.13. The van der Waals surface area contributed by atoms with Gasteiger partial charge in [0.05, 0.1) is 23.2 Å². The van der Waals surface area contributed by atoms with Gasteiger partial charge in [0.1, 0.15) is 17.4 Å². The van der Waals surface area contributed by atoms with Crippen LogP contribution in [-0.2, 0) is 0 Å². The summed E-state index contributed by atoms with van der Waals surface area (Å²) < 4.78 is 32.2. The van der Waals surface area contributed by atoms with Crippen molar-refractivity contribution in [1.82, 2.24) is 10.2 Å². The van der Waals surface area contributed by atoms with Gasteiger partial charge >= 0.3 is 0 Å². The predicted molar refractivity (Wildman–Crippen MR) is 78.2 cm³/mol. The second kappa shape index (κ2) is 5.17. The molecule has 3 N–H and O–H groups in total. The molecule has 0 aliphatic heterocycles. The lowest BCUT2D eigenvalue weighted by molar-refractivity contribution is 0.417. The molecule has 0 aliphatic carbocycles. The van der Waals surface area contributed by atoms with E-state index in [1.807, 2.05) is 5.38 Å². The largest absolute Gasteiger partial charge is 0.496 e. The minimum absolute atomic E-state index is 0.155. The zero-order chi connectivity index (χ0) is 15.0. The summed E-state index contributed by atoms with van der Waals surface area (Å²) in [5, 5.41) is 8.53. The summed E-state index contributed by atoms with van der Waals surface area (Å²) in [7, 11) is 1.56. The number of hydrogen-bond donors (Lipinski definition) is 2. The first-order chi connectivity index (χ1) is 10.1. The van der Waals surface area contributed by atoms with Gasteiger partial charge in [-0.25, -0.2) is 8.78 Å². The van der Waals surface area contributed by atoms with E-state index < -0.39 is 11.6 Å². The van der Waals surface area contributed by atoms with Gasteiger partial charge in [-0.1, -0.05) is 0 Å². The van der Waals surface area contributed by atoms with Crippen LogP contribution in [0.1, 0.15) is 0 Å². The van der Waals surface area contributed by atoms with Crippen molar-refractivity contribution in [1.29, 1.82) is 0 Å². The van der Waals surface area contributed by atoms with Crippen molar-refractivity contribution in [3.8, 4) is 27.4 Å². The maximum atomic E-state index is 14.0. The number of H-pyrrole nitrogens is 1. The Balaban J connectivity index is 2.17. The maximum Gasteiger partial charge on any atom is 0.153 e. The number of rotatable bonds is 3. The van der Waals surface area contributed by atoms with Crippen LogP contribution in [0, 0.1) is 11.6 Å². The number of ether oxygens (including phenoxy) is 1. The highest BCUT2D eigenvalue weighted by Crippen LogP contribution is 2.39. The number of nitrogen functional groups attached to an aromatic ring is 1. The first-order valence-electron chi connectivity index (χ1n) is 6.02. The van der Waals surface area contributed by atoms with Gasteiger partial charge in [-0.15, -0.1) is 11.3 Å². The van der Waals surface area contributed by atoms with Crippen LogP contribution in [0.5, 0.6) is 5.75 Å². The van der Waals surface area contributed by atoms with E-state index in [0.29, 0.717) is 17.0 Å². The van der Waals surface area contributed by atoms with E-state index in [-0.39, 0.29) is 11.4 Å². The van der Waals surface area contributed by atoms with Crippen LogP contribution in [-0.4, -0.2) is 17.3 Å². The highest BCUT2D eigenvalue weighted by Gasteiger charge is 2.19. The quantitative estimate of drug-likeness (QED) is 0.776. The van der Waals surface area contributed by atoms with E-state index >= 15 is 0 Å². The summed E-state index contributed by atoms with van der Waals surface area (Å²) in [5.41, 5.74) is 7.02. The number of halogens is 2. The highest BCUT2D eigenvalue weighted by atomic mass is 32.1. The maximum absolute atomic E-state index is 14.0. The Hall–Kier alpha value is -2.41. The molecule has 4 nitrogen and oxygen atoms in total. The van der Waals surface area contributed by atoms with Gasteiger partial charge in [0.15, 0.2) is 5.82 Å². The molecule has 0 fully saturated rings. The number of aromatic amines is 1. The van der Waals surface area contributed by atoms with Crippen molar-refractivity contribution in [3.05, 3.63) is 41.3 Å². The normalized spacial score (nSPS) is 10.8. The van der Waals surface area contributed by atoms with E-state index in [1.54, 1.807) is 13.2 Å². The third kappa shape index (κ3) is 2.36. The topological polar surface area (TPSA) is 63.9 Å². The van der Waals surface area contributed by atoms with Crippen molar-refractivity contribution in [2.75, 3.05) is 12.8 Å². The summed E-state index contributed by atoms with van der Waals surface area (Å²) in [4.78, 5) is 0.801. The Kier molecular flexibility index (Phi) is 3.34. The molecule has 7 heteroatoms. The monoisotopic (exact) mass is 307 g/mol. The molecule has 3 aromatic rings. The molecule has 0 saturated heterocycles. The van der Waals surface area contributed by atoms with Gasteiger partial charge in [-0.05, 0) is 12.1 Å². The van der Waals surface area contributed by atoms with E-state index in [1.165, 1.54) is 23.5 Å². The summed E-state index contributed by atoms with van der Waals surface area (Å²) >= 11 is 1.41. The van der Waals surface area contributed by atoms with Crippen LogP contribution in [0.2, 0.25) is 0 Å². The first kappa shape index (κ1) is 13.6. The Labute approximate surface area is 123 Å². The number of nitrogens with one attached hydrogen (secondary N) is 1. The molecule has 0 aliphatic rings. The van der Waals surface area contributed by atoms with Crippen LogP contribution < -0.4 is 10.5 Å². The molecule has 0 amide bonds. The molecule has 21 heavy (non-hydrogen) atoms. The summed E-state index contributed by atoms with van der Waals surface area (Å²) in [6, 6.07) is 5.15. The fourth-order valence-electron chi connectivity index (χ4n) is 2.06. The second-order valence-electron chi connectivity index (χ2n) is 4.33. The lowest BCUT2D eigenvalue weighted by Crippen LogP contribution is -1.92. The van der Waals surface area contributed by atoms with Crippen molar-refractivity contribution >= 4 is 17.2 Å². The van der Waals surface area contributed by atoms with E-state index in [2.05, 4.69) is 10.2 Å². The number of thiophene rings is 1. The van der Waals surface area contributed by atoms with E-state index in [9.17, 15) is 8.78 Å². The van der Waals surface area contributed by atoms with Gasteiger partial charge in [0.25, 0.3) is 0 Å². The standard InChI is InChI=1S/C14H11F2N3OS/c1-20-8-5-11(21-6-8)13-12(14(17)19-18-13)9-3-2-7(15)4-10(9)16/h2-6H,1H3,(H3,17,18,19). The Morgan fingerprint density at radius 3 is 2.76 bits per heavy atom. The molecular weight excluding hydrogens is 296 g/mol. The van der Waals surface area contributed by atoms with Gasteiger partial charge in [-0.2, -0.15) is 5.10 Å². The molecule has 0 spiro atoms. The van der Waals surface area contributed by atoms with E-state index in [4.69, 9.17) is 10.5 Å². The van der Waals surface area contributed by atoms with Crippen molar-refractivity contribution in [2.45, 2.75) is 0 Å². The van der Waals surface area contributed by atoms with Crippen LogP contribution in [0.3, 0.4) is 0 Å². The SMILES string of the molecule is COc1csc(-c2[nH]nc(N)c2-c2ccc(F)cc2F)c1. The number of benzene rings is 1. The van der Waals surface area contributed by atoms with Gasteiger partial charge in [0.2, 0.25) is 0 Å². The summed E-state index contributed by atoms with van der Waals surface area (Å²) in [6.45, 7) is 0. The lowest BCUT2D eigenvalue weighted by atomic mass is 10.0. The fourth-order valence-corrected chi connectivity index (χ4v) is 2.91. The Morgan fingerprint density at radius 2 is 2.10 bits per heavy atom. The first-order valence-corrected chi connectivity index (χ1v) is 6.90. The average molecular weight is 307 g/mol. The van der Waals surface area contributed by atoms with Crippen molar-refractivity contribution < 1.29 is 13.5 Å². The van der Waals surface area contributed by atoms with Gasteiger partial charge in [0, 0.05) is 23.1 Å². The predicted octanol–water partition coefficient (Wildman–Crippen LogP) is 3.67. The third-order valence-corrected chi connectivity index (χ3v) is 3.98. The van der Waals surface area contributed by atoms with Gasteiger partial charge in [-0.3, -0.25) is 5.10 Å². The summed E-state index contributed by atoms with van der Waals surface area (Å²) in [5.74, 6) is -0.484. The minimum Gasteiger partial charge on any atom is -0.496 e. The van der Waals surface area contributed by atoms with Crippen LogP contribution >= 0.6 is 11.3 Å².